The van der Waals surface area contributed by atoms with Crippen LogP contribution in [0.4, 0.5) is 0 Å². The lowest BCUT2D eigenvalue weighted by Crippen LogP contribution is -2.29. The van der Waals surface area contributed by atoms with Crippen molar-refractivity contribution in [2.24, 2.45) is 0 Å². The van der Waals surface area contributed by atoms with Gasteiger partial charge in [-0.25, -0.2) is 0 Å². The van der Waals surface area contributed by atoms with Gasteiger partial charge in [0.15, 0.2) is 0 Å². The highest BCUT2D eigenvalue weighted by molar-refractivity contribution is 6.12. The maximum absolute atomic E-state index is 4.12. The Morgan fingerprint density at radius 1 is 0.377 bits per heavy atom. The summed E-state index contributed by atoms with van der Waals surface area (Å²) in [5.41, 5.74) is 21.8. The third-order valence-corrected chi connectivity index (χ3v) is 13.3. The molecule has 10 aromatic carbocycles. The number of rotatable bonds is 11. The Morgan fingerprint density at radius 2 is 0.768 bits per heavy atom. The molecule has 0 amide bonds. The van der Waals surface area contributed by atoms with E-state index in [1.54, 1.807) is 0 Å². The van der Waals surface area contributed by atoms with Gasteiger partial charge in [0.2, 0.25) is 0 Å². The van der Waals surface area contributed by atoms with Crippen LogP contribution < -0.4 is 0 Å². The average molecular weight is 883 g/mol. The van der Waals surface area contributed by atoms with E-state index in [1.807, 2.05) is 12.1 Å². The smallest absolute Gasteiger partial charge is 0.0719 e. The molecule has 0 heteroatoms. The van der Waals surface area contributed by atoms with Crippen LogP contribution in [0.2, 0.25) is 0 Å². The summed E-state index contributed by atoms with van der Waals surface area (Å²) in [6.07, 6.45) is 7.07. The monoisotopic (exact) mass is 882 g/mol. The second-order valence-corrected chi connectivity index (χ2v) is 17.7. The number of benzene rings is 10. The van der Waals surface area contributed by atoms with Gasteiger partial charge in [0.25, 0.3) is 0 Å². The Bertz CT molecular complexity index is 3330. The van der Waals surface area contributed by atoms with Gasteiger partial charge < -0.3 is 0 Å². The average Bonchev–Trinajstić information content (AvgIpc) is 3.72. The van der Waals surface area contributed by atoms with Gasteiger partial charge in [0.05, 0.1) is 5.41 Å². The molecule has 11 rings (SSSR count). The maximum Gasteiger partial charge on any atom is 0.0719 e. The molecule has 69 heavy (non-hydrogen) atoms. The summed E-state index contributed by atoms with van der Waals surface area (Å²) in [5.74, 6) is 0. The number of allylic oxidation sites excluding steroid dienone is 5. The number of hydrogen-bond donors (Lipinski definition) is 0. The first-order valence-corrected chi connectivity index (χ1v) is 23.9. The molecule has 0 nitrogen and oxygen atoms in total. The Balaban J connectivity index is 0.000000367. The van der Waals surface area contributed by atoms with E-state index in [1.165, 1.54) is 100 Å². The van der Waals surface area contributed by atoms with Crippen LogP contribution in [-0.4, -0.2) is 0 Å². The van der Waals surface area contributed by atoms with Gasteiger partial charge in [0, 0.05) is 0 Å². The summed E-state index contributed by atoms with van der Waals surface area (Å²) in [4.78, 5) is 0. The third kappa shape index (κ3) is 9.26. The summed E-state index contributed by atoms with van der Waals surface area (Å²) in [6, 6.07) is 96.7. The highest BCUT2D eigenvalue weighted by atomic mass is 14.5. The van der Waals surface area contributed by atoms with Crippen LogP contribution in [0.15, 0.2) is 292 Å². The number of fused-ring (bicyclic) bond motifs is 1. The lowest BCUT2D eigenvalue weighted by atomic mass is 9.64. The molecule has 1 unspecified atom stereocenters. The van der Waals surface area contributed by atoms with Gasteiger partial charge >= 0.3 is 0 Å². The highest BCUT2D eigenvalue weighted by Crippen LogP contribution is 2.60. The molecule has 0 aromatic heterocycles. The van der Waals surface area contributed by atoms with Gasteiger partial charge in [-0.2, -0.15) is 0 Å². The van der Waals surface area contributed by atoms with Gasteiger partial charge in [-0.05, 0) is 108 Å². The summed E-state index contributed by atoms with van der Waals surface area (Å²) < 4.78 is 0. The van der Waals surface area contributed by atoms with Crippen molar-refractivity contribution in [3.05, 3.63) is 336 Å². The summed E-state index contributed by atoms with van der Waals surface area (Å²) in [7, 11) is 0. The fourth-order valence-corrected chi connectivity index (χ4v) is 10.1. The summed E-state index contributed by atoms with van der Waals surface area (Å²) >= 11 is 0. The van der Waals surface area contributed by atoms with Crippen LogP contribution in [0.1, 0.15) is 44.5 Å². The van der Waals surface area contributed by atoms with Crippen LogP contribution >= 0.6 is 0 Å². The Labute approximate surface area is 408 Å². The summed E-state index contributed by atoms with van der Waals surface area (Å²) in [5, 5.41) is 0. The molecule has 10 aromatic rings. The van der Waals surface area contributed by atoms with E-state index in [0.717, 1.165) is 6.42 Å². The molecular weight excluding hydrogens is 829 g/mol. The van der Waals surface area contributed by atoms with E-state index in [4.69, 9.17) is 0 Å². The van der Waals surface area contributed by atoms with Crippen LogP contribution in [0, 0.1) is 6.92 Å². The van der Waals surface area contributed by atoms with Gasteiger partial charge in [-0.1, -0.05) is 297 Å². The predicted octanol–water partition coefficient (Wildman–Crippen LogP) is 17.9. The van der Waals surface area contributed by atoms with Crippen molar-refractivity contribution < 1.29 is 0 Å². The molecule has 0 spiro atoms. The van der Waals surface area contributed by atoms with Crippen molar-refractivity contribution >= 4 is 11.1 Å². The van der Waals surface area contributed by atoms with Crippen molar-refractivity contribution in [3.63, 3.8) is 0 Å². The van der Waals surface area contributed by atoms with Crippen molar-refractivity contribution in [1.82, 2.24) is 0 Å². The van der Waals surface area contributed by atoms with E-state index in [-0.39, 0.29) is 0 Å². The second kappa shape index (κ2) is 20.5. The largest absolute Gasteiger partial charge is 0.0991 e. The zero-order valence-electron chi connectivity index (χ0n) is 39.0. The molecule has 0 radical (unpaired) electrons. The molecule has 1 aliphatic rings. The Kier molecular flexibility index (Phi) is 13.2. The molecule has 0 saturated carbocycles. The molecule has 0 N–H and O–H groups in total. The molecule has 0 heterocycles. The molecule has 0 aliphatic heterocycles. The fourth-order valence-electron chi connectivity index (χ4n) is 10.1. The minimum Gasteiger partial charge on any atom is -0.0991 e. The molecule has 0 fully saturated rings. The van der Waals surface area contributed by atoms with Crippen LogP contribution in [0.3, 0.4) is 0 Å². The molecular formula is C69H54. The fraction of sp³-hybridized carbons (Fsp3) is 0.0435. The van der Waals surface area contributed by atoms with Crippen molar-refractivity contribution in [2.45, 2.75) is 18.8 Å². The predicted molar refractivity (Wildman–Crippen MR) is 294 cm³/mol. The Morgan fingerprint density at radius 3 is 1.25 bits per heavy atom. The van der Waals surface area contributed by atoms with E-state index in [2.05, 4.69) is 287 Å². The number of aryl methyl sites for hydroxylation is 1. The molecule has 330 valence electrons. The zero-order valence-corrected chi connectivity index (χ0v) is 39.0. The third-order valence-electron chi connectivity index (χ3n) is 13.3. The quantitative estimate of drug-likeness (QED) is 0.114. The SMILES string of the molecule is C=C/C=C\C1=C(c2ccccc2)C(c2ccccc2)(c2ccc(-c3ccccc3)cc2)c2cc(Cc3ccc(-c4ccccc4)cc3)cc(-c3ccccc3)c21.Cc1ccc(-c2ccccc2)cc1. The van der Waals surface area contributed by atoms with Crippen LogP contribution in [0.25, 0.3) is 55.7 Å². The van der Waals surface area contributed by atoms with Crippen molar-refractivity contribution in [1.29, 1.82) is 0 Å². The van der Waals surface area contributed by atoms with Crippen LogP contribution in [-0.2, 0) is 11.8 Å². The lowest BCUT2D eigenvalue weighted by molar-refractivity contribution is 0.812. The first-order chi connectivity index (χ1) is 34.1. The Hall–Kier alpha value is -8.58. The van der Waals surface area contributed by atoms with Gasteiger partial charge in [-0.3, -0.25) is 0 Å². The van der Waals surface area contributed by atoms with E-state index < -0.39 is 5.41 Å². The molecule has 1 aliphatic carbocycles. The molecule has 1 atom stereocenters. The second-order valence-electron chi connectivity index (χ2n) is 17.7. The first kappa shape index (κ1) is 44.3. The minimum atomic E-state index is -0.634. The highest BCUT2D eigenvalue weighted by Gasteiger charge is 2.49. The van der Waals surface area contributed by atoms with Crippen molar-refractivity contribution in [3.8, 4) is 44.5 Å². The van der Waals surface area contributed by atoms with Gasteiger partial charge in [0.1, 0.15) is 0 Å². The molecule has 0 bridgehead atoms. The summed E-state index contributed by atoms with van der Waals surface area (Å²) in [6.45, 7) is 6.23. The first-order valence-electron chi connectivity index (χ1n) is 23.9. The van der Waals surface area contributed by atoms with Crippen LogP contribution in [0.5, 0.6) is 0 Å². The maximum atomic E-state index is 4.12. The lowest BCUT2D eigenvalue weighted by Gasteiger charge is -2.36. The minimum absolute atomic E-state index is 0.634. The van der Waals surface area contributed by atoms with E-state index >= 15 is 0 Å². The topological polar surface area (TPSA) is 0 Å². The standard InChI is InChI=1S/C56H42.C13H12/c1-2-3-29-51-54-52(47-23-13-6-14-24-47)39-42(38-41-30-32-45(33-31-41)43-19-9-4-10-20-43)40-53(54)56(49-27-17-8-18-28-49,55(51)48-25-15-7-16-26-48)50-36-34-46(35-37-50)44-21-11-5-12-22-44;1-11-7-9-13(10-8-11)12-5-3-2-4-6-12/h2-37,39-40H,1,38H2;2-10H,1H3/b29-3-;. The zero-order chi connectivity index (χ0) is 46.8. The van der Waals surface area contributed by atoms with E-state index in [9.17, 15) is 0 Å². The molecule has 0 saturated heterocycles. The number of hydrogen-bond acceptors (Lipinski definition) is 0. The normalized spacial score (nSPS) is 13.9. The van der Waals surface area contributed by atoms with Gasteiger partial charge in [-0.15, -0.1) is 0 Å². The van der Waals surface area contributed by atoms with E-state index in [0.29, 0.717) is 0 Å². The van der Waals surface area contributed by atoms with Crippen molar-refractivity contribution in [2.75, 3.05) is 0 Å².